The molecule has 0 fully saturated rings. The molecule has 3 N–H and O–H groups in total. The fraction of sp³-hybridized carbons (Fsp3) is 0.462. The van der Waals surface area contributed by atoms with E-state index in [9.17, 15) is 9.90 Å². The number of carboxylic acids is 1. The molecule has 1 unspecified atom stereocenters. The SMILES string of the molecule is CCC(NCCCC(=O)O)c1ccccc1O. The van der Waals surface area contributed by atoms with Crippen LogP contribution in [0.5, 0.6) is 5.75 Å². The van der Waals surface area contributed by atoms with Gasteiger partial charge >= 0.3 is 5.97 Å². The summed E-state index contributed by atoms with van der Waals surface area (Å²) in [6, 6.07) is 7.29. The predicted octanol–water partition coefficient (Wildman–Crippen LogP) is 2.30. The molecule has 1 aromatic rings. The molecule has 1 rings (SSSR count). The van der Waals surface area contributed by atoms with Crippen LogP contribution in [0.15, 0.2) is 24.3 Å². The molecule has 1 aromatic carbocycles. The third-order valence-electron chi connectivity index (χ3n) is 2.68. The minimum atomic E-state index is -0.776. The van der Waals surface area contributed by atoms with Crippen LogP contribution in [0.3, 0.4) is 0 Å². The first-order chi connectivity index (χ1) is 8.15. The first kappa shape index (κ1) is 13.5. The Kier molecular flexibility index (Phi) is 5.49. The molecule has 0 aliphatic heterocycles. The zero-order valence-corrected chi connectivity index (χ0v) is 10.0. The number of aromatic hydroxyl groups is 1. The monoisotopic (exact) mass is 237 g/mol. The van der Waals surface area contributed by atoms with E-state index in [4.69, 9.17) is 5.11 Å². The van der Waals surface area contributed by atoms with Crippen LogP contribution >= 0.6 is 0 Å². The van der Waals surface area contributed by atoms with Gasteiger partial charge in [0, 0.05) is 18.0 Å². The van der Waals surface area contributed by atoms with Gasteiger partial charge < -0.3 is 15.5 Å². The van der Waals surface area contributed by atoms with Gasteiger partial charge in [0.1, 0.15) is 5.75 Å². The van der Waals surface area contributed by atoms with Gasteiger partial charge in [0.25, 0.3) is 0 Å². The zero-order chi connectivity index (χ0) is 12.7. The largest absolute Gasteiger partial charge is 0.508 e. The summed E-state index contributed by atoms with van der Waals surface area (Å²) in [5.41, 5.74) is 0.866. The van der Waals surface area contributed by atoms with E-state index in [0.717, 1.165) is 12.0 Å². The molecule has 17 heavy (non-hydrogen) atoms. The first-order valence-corrected chi connectivity index (χ1v) is 5.88. The molecule has 4 heteroatoms. The second-order valence-electron chi connectivity index (χ2n) is 3.97. The average molecular weight is 237 g/mol. The Balaban J connectivity index is 2.49. The van der Waals surface area contributed by atoms with Gasteiger partial charge in [0.05, 0.1) is 0 Å². The second-order valence-corrected chi connectivity index (χ2v) is 3.97. The van der Waals surface area contributed by atoms with Crippen LogP contribution in [-0.2, 0) is 4.79 Å². The number of rotatable bonds is 7. The lowest BCUT2D eigenvalue weighted by Gasteiger charge is -2.18. The van der Waals surface area contributed by atoms with E-state index >= 15 is 0 Å². The Bertz CT molecular complexity index is 365. The van der Waals surface area contributed by atoms with E-state index < -0.39 is 5.97 Å². The van der Waals surface area contributed by atoms with E-state index in [2.05, 4.69) is 5.32 Å². The summed E-state index contributed by atoms with van der Waals surface area (Å²) in [6.45, 7) is 2.67. The quantitative estimate of drug-likeness (QED) is 0.636. The number of phenols is 1. The van der Waals surface area contributed by atoms with Crippen molar-refractivity contribution in [2.75, 3.05) is 6.54 Å². The Hall–Kier alpha value is -1.55. The molecular weight excluding hydrogens is 218 g/mol. The van der Waals surface area contributed by atoms with Gasteiger partial charge in [-0.15, -0.1) is 0 Å². The van der Waals surface area contributed by atoms with Crippen molar-refractivity contribution < 1.29 is 15.0 Å². The zero-order valence-electron chi connectivity index (χ0n) is 10.0. The third kappa shape index (κ3) is 4.44. The number of para-hydroxylation sites is 1. The molecular formula is C13H19NO3. The first-order valence-electron chi connectivity index (χ1n) is 5.88. The lowest BCUT2D eigenvalue weighted by molar-refractivity contribution is -0.137. The summed E-state index contributed by atoms with van der Waals surface area (Å²) in [6.07, 6.45) is 1.62. The number of nitrogens with one attached hydrogen (secondary N) is 1. The number of hydrogen-bond acceptors (Lipinski definition) is 3. The standard InChI is InChI=1S/C13H19NO3/c1-2-11(14-9-5-8-13(16)17)10-6-3-4-7-12(10)15/h3-4,6-7,11,14-15H,2,5,8-9H2,1H3,(H,16,17). The minimum absolute atomic E-state index is 0.0741. The number of carboxylic acid groups (broad SMARTS) is 1. The summed E-state index contributed by atoms with van der Waals surface area (Å²) in [5, 5.41) is 21.5. The smallest absolute Gasteiger partial charge is 0.303 e. The normalized spacial score (nSPS) is 12.3. The summed E-state index contributed by atoms with van der Waals surface area (Å²) < 4.78 is 0. The minimum Gasteiger partial charge on any atom is -0.508 e. The summed E-state index contributed by atoms with van der Waals surface area (Å²) in [7, 11) is 0. The summed E-state index contributed by atoms with van der Waals surface area (Å²) in [4.78, 5) is 10.4. The van der Waals surface area contributed by atoms with Gasteiger partial charge in [0.2, 0.25) is 0 Å². The molecule has 0 aromatic heterocycles. The molecule has 0 heterocycles. The van der Waals surface area contributed by atoms with Crippen molar-refractivity contribution in [1.29, 1.82) is 0 Å². The Labute approximate surface area is 101 Å². The van der Waals surface area contributed by atoms with Crippen LogP contribution in [0.25, 0.3) is 0 Å². The van der Waals surface area contributed by atoms with Crippen molar-refractivity contribution >= 4 is 5.97 Å². The number of hydrogen-bond donors (Lipinski definition) is 3. The van der Waals surface area contributed by atoms with Crippen molar-refractivity contribution in [3.8, 4) is 5.75 Å². The maximum atomic E-state index is 10.4. The van der Waals surface area contributed by atoms with E-state index in [-0.39, 0.29) is 18.2 Å². The lowest BCUT2D eigenvalue weighted by Crippen LogP contribution is -2.22. The molecule has 0 radical (unpaired) electrons. The Morgan fingerprint density at radius 3 is 2.71 bits per heavy atom. The molecule has 0 aliphatic rings. The van der Waals surface area contributed by atoms with Gasteiger partial charge in [0.15, 0.2) is 0 Å². The van der Waals surface area contributed by atoms with Crippen molar-refractivity contribution in [3.63, 3.8) is 0 Å². The third-order valence-corrected chi connectivity index (χ3v) is 2.68. The number of benzene rings is 1. The molecule has 1 atom stereocenters. The van der Waals surface area contributed by atoms with Crippen LogP contribution < -0.4 is 5.32 Å². The number of phenolic OH excluding ortho intramolecular Hbond substituents is 1. The predicted molar refractivity (Wildman–Crippen MR) is 66.0 cm³/mol. The van der Waals surface area contributed by atoms with Gasteiger partial charge in [-0.25, -0.2) is 0 Å². The number of aliphatic carboxylic acids is 1. The van der Waals surface area contributed by atoms with Crippen molar-refractivity contribution in [3.05, 3.63) is 29.8 Å². The van der Waals surface area contributed by atoms with E-state index in [1.807, 2.05) is 19.1 Å². The Morgan fingerprint density at radius 2 is 2.12 bits per heavy atom. The Morgan fingerprint density at radius 1 is 1.41 bits per heavy atom. The van der Waals surface area contributed by atoms with Crippen molar-refractivity contribution in [1.82, 2.24) is 5.32 Å². The van der Waals surface area contributed by atoms with Gasteiger partial charge in [-0.3, -0.25) is 4.79 Å². The van der Waals surface area contributed by atoms with E-state index in [1.54, 1.807) is 12.1 Å². The van der Waals surface area contributed by atoms with Crippen LogP contribution in [0, 0.1) is 0 Å². The highest BCUT2D eigenvalue weighted by Crippen LogP contribution is 2.25. The van der Waals surface area contributed by atoms with Gasteiger partial charge in [-0.1, -0.05) is 25.1 Å². The maximum absolute atomic E-state index is 10.4. The molecule has 94 valence electrons. The molecule has 0 saturated heterocycles. The molecule has 0 bridgehead atoms. The highest BCUT2D eigenvalue weighted by molar-refractivity contribution is 5.66. The van der Waals surface area contributed by atoms with Crippen LogP contribution in [0.2, 0.25) is 0 Å². The average Bonchev–Trinajstić information content (AvgIpc) is 2.30. The molecule has 0 spiro atoms. The maximum Gasteiger partial charge on any atom is 0.303 e. The van der Waals surface area contributed by atoms with Crippen molar-refractivity contribution in [2.45, 2.75) is 32.2 Å². The fourth-order valence-corrected chi connectivity index (χ4v) is 1.77. The molecule has 0 amide bonds. The van der Waals surface area contributed by atoms with Gasteiger partial charge in [-0.05, 0) is 25.5 Å². The molecule has 0 aliphatic carbocycles. The van der Waals surface area contributed by atoms with Crippen LogP contribution in [0.4, 0.5) is 0 Å². The topological polar surface area (TPSA) is 69.6 Å². The molecule has 0 saturated carbocycles. The van der Waals surface area contributed by atoms with Crippen LogP contribution in [-0.4, -0.2) is 22.7 Å². The van der Waals surface area contributed by atoms with Gasteiger partial charge in [-0.2, -0.15) is 0 Å². The highest BCUT2D eigenvalue weighted by Gasteiger charge is 2.11. The van der Waals surface area contributed by atoms with E-state index in [1.165, 1.54) is 0 Å². The summed E-state index contributed by atoms with van der Waals surface area (Å²) in [5.74, 6) is -0.493. The van der Waals surface area contributed by atoms with Crippen molar-refractivity contribution in [2.24, 2.45) is 0 Å². The van der Waals surface area contributed by atoms with E-state index in [0.29, 0.717) is 13.0 Å². The van der Waals surface area contributed by atoms with Crippen LogP contribution in [0.1, 0.15) is 37.8 Å². The lowest BCUT2D eigenvalue weighted by atomic mass is 10.0. The fourth-order valence-electron chi connectivity index (χ4n) is 1.77. The summed E-state index contributed by atoms with van der Waals surface area (Å²) >= 11 is 0. The highest BCUT2D eigenvalue weighted by atomic mass is 16.4. The number of carbonyl (C=O) groups is 1. The second kappa shape index (κ2) is 6.91. The molecule has 4 nitrogen and oxygen atoms in total.